The van der Waals surface area contributed by atoms with Crippen molar-refractivity contribution in [1.29, 1.82) is 0 Å². The molecular weight excluding hydrogens is 240 g/mol. The lowest BCUT2D eigenvalue weighted by Crippen LogP contribution is -2.31. The number of rotatable bonds is 4. The Balaban J connectivity index is 2.84. The van der Waals surface area contributed by atoms with Gasteiger partial charge in [0.15, 0.2) is 0 Å². The van der Waals surface area contributed by atoms with Crippen LogP contribution in [0.4, 0.5) is 5.95 Å². The van der Waals surface area contributed by atoms with Crippen molar-refractivity contribution in [3.63, 3.8) is 0 Å². The van der Waals surface area contributed by atoms with Crippen LogP contribution in [0.15, 0.2) is 0 Å². The predicted octanol–water partition coefficient (Wildman–Crippen LogP) is 2.77. The minimum absolute atomic E-state index is 0.102. The molecular formula is C11H19ClN4O. The number of anilines is 1. The highest BCUT2D eigenvalue weighted by molar-refractivity contribution is 6.28. The van der Waals surface area contributed by atoms with Gasteiger partial charge in [0.2, 0.25) is 11.2 Å². The fourth-order valence-electron chi connectivity index (χ4n) is 1.00. The minimum atomic E-state index is 0.102. The number of hydrogen-bond acceptors (Lipinski definition) is 5. The van der Waals surface area contributed by atoms with Gasteiger partial charge >= 0.3 is 6.01 Å². The first-order valence-corrected chi connectivity index (χ1v) is 6.01. The van der Waals surface area contributed by atoms with Crippen molar-refractivity contribution in [1.82, 2.24) is 15.0 Å². The fraction of sp³-hybridized carbons (Fsp3) is 0.727. The molecule has 0 aromatic carbocycles. The second-order valence-corrected chi connectivity index (χ2v) is 5.21. The van der Waals surface area contributed by atoms with Crippen LogP contribution in [0.2, 0.25) is 5.28 Å². The molecule has 1 aromatic heterocycles. The van der Waals surface area contributed by atoms with Crippen LogP contribution >= 0.6 is 11.6 Å². The summed E-state index contributed by atoms with van der Waals surface area (Å²) in [5.41, 5.74) is 0.102. The number of aromatic nitrogens is 3. The lowest BCUT2D eigenvalue weighted by molar-refractivity contribution is 0.310. The van der Waals surface area contributed by atoms with Crippen molar-refractivity contribution in [2.24, 2.45) is 5.41 Å². The maximum atomic E-state index is 5.80. The van der Waals surface area contributed by atoms with Crippen LogP contribution in [-0.4, -0.2) is 27.6 Å². The van der Waals surface area contributed by atoms with Gasteiger partial charge in [0.05, 0.1) is 6.61 Å². The third-order valence-electron chi connectivity index (χ3n) is 2.51. The van der Waals surface area contributed by atoms with E-state index < -0.39 is 0 Å². The molecule has 0 aliphatic carbocycles. The van der Waals surface area contributed by atoms with E-state index in [9.17, 15) is 0 Å². The Bertz CT molecular complexity index is 378. The predicted molar refractivity (Wildman–Crippen MR) is 68.5 cm³/mol. The number of hydrogen-bond donors (Lipinski definition) is 1. The van der Waals surface area contributed by atoms with E-state index in [-0.39, 0.29) is 22.8 Å². The van der Waals surface area contributed by atoms with Gasteiger partial charge in [-0.05, 0) is 30.9 Å². The largest absolute Gasteiger partial charge is 0.464 e. The van der Waals surface area contributed by atoms with Gasteiger partial charge in [-0.2, -0.15) is 15.0 Å². The van der Waals surface area contributed by atoms with E-state index in [1.165, 1.54) is 0 Å². The molecule has 17 heavy (non-hydrogen) atoms. The second kappa shape index (κ2) is 5.49. The zero-order chi connectivity index (χ0) is 13.1. The van der Waals surface area contributed by atoms with Crippen molar-refractivity contribution in [2.75, 3.05) is 11.9 Å². The van der Waals surface area contributed by atoms with E-state index in [4.69, 9.17) is 16.3 Å². The van der Waals surface area contributed by atoms with Gasteiger partial charge in [-0.1, -0.05) is 20.8 Å². The monoisotopic (exact) mass is 258 g/mol. The molecule has 1 rings (SSSR count). The fourth-order valence-corrected chi connectivity index (χ4v) is 1.15. The van der Waals surface area contributed by atoms with Crippen LogP contribution in [0.1, 0.15) is 34.6 Å². The zero-order valence-corrected chi connectivity index (χ0v) is 11.7. The van der Waals surface area contributed by atoms with Gasteiger partial charge in [-0.3, -0.25) is 0 Å². The van der Waals surface area contributed by atoms with E-state index in [0.29, 0.717) is 12.6 Å². The van der Waals surface area contributed by atoms with Gasteiger partial charge in [0, 0.05) is 6.04 Å². The number of nitrogens with one attached hydrogen (secondary N) is 1. The van der Waals surface area contributed by atoms with Crippen molar-refractivity contribution < 1.29 is 4.74 Å². The van der Waals surface area contributed by atoms with Crippen LogP contribution in [-0.2, 0) is 0 Å². The summed E-state index contributed by atoms with van der Waals surface area (Å²) in [6.45, 7) is 10.8. The normalized spacial score (nSPS) is 13.3. The SMILES string of the molecule is CCOc1nc(Cl)nc(NC(C)C(C)(C)C)n1. The minimum Gasteiger partial charge on any atom is -0.464 e. The molecule has 0 amide bonds. The van der Waals surface area contributed by atoms with E-state index in [1.54, 1.807) is 0 Å². The molecule has 0 aliphatic heterocycles. The Kier molecular flexibility index (Phi) is 4.51. The third kappa shape index (κ3) is 4.34. The van der Waals surface area contributed by atoms with Crippen LogP contribution in [0.3, 0.4) is 0 Å². The molecule has 0 saturated carbocycles. The highest BCUT2D eigenvalue weighted by atomic mass is 35.5. The Morgan fingerprint density at radius 3 is 2.47 bits per heavy atom. The van der Waals surface area contributed by atoms with Gasteiger partial charge in [-0.15, -0.1) is 0 Å². The molecule has 5 nitrogen and oxygen atoms in total. The van der Waals surface area contributed by atoms with Gasteiger partial charge in [0.25, 0.3) is 0 Å². The summed E-state index contributed by atoms with van der Waals surface area (Å²) in [5.74, 6) is 0.441. The molecule has 0 fully saturated rings. The quantitative estimate of drug-likeness (QED) is 0.900. The Labute approximate surface area is 107 Å². The van der Waals surface area contributed by atoms with Gasteiger partial charge < -0.3 is 10.1 Å². The first kappa shape index (κ1) is 14.0. The lowest BCUT2D eigenvalue weighted by atomic mass is 9.88. The summed E-state index contributed by atoms with van der Waals surface area (Å²) in [6, 6.07) is 0.451. The summed E-state index contributed by atoms with van der Waals surface area (Å²) in [5, 5.41) is 3.33. The molecule has 0 bridgehead atoms. The molecule has 1 N–H and O–H groups in total. The van der Waals surface area contributed by atoms with Crippen molar-refractivity contribution >= 4 is 17.5 Å². The second-order valence-electron chi connectivity index (χ2n) is 4.88. The summed E-state index contributed by atoms with van der Waals surface area (Å²) in [7, 11) is 0. The lowest BCUT2D eigenvalue weighted by Gasteiger charge is -2.27. The van der Waals surface area contributed by atoms with Gasteiger partial charge in [0.1, 0.15) is 0 Å². The number of ether oxygens (including phenoxy) is 1. The molecule has 0 radical (unpaired) electrons. The molecule has 6 heteroatoms. The molecule has 0 spiro atoms. The highest BCUT2D eigenvalue weighted by Gasteiger charge is 2.21. The highest BCUT2D eigenvalue weighted by Crippen LogP contribution is 2.22. The Morgan fingerprint density at radius 2 is 1.94 bits per heavy atom. The van der Waals surface area contributed by atoms with Crippen LogP contribution in [0.25, 0.3) is 0 Å². The first-order valence-electron chi connectivity index (χ1n) is 5.64. The number of nitrogens with zero attached hydrogens (tertiary/aromatic N) is 3. The van der Waals surface area contributed by atoms with E-state index in [0.717, 1.165) is 0 Å². The van der Waals surface area contributed by atoms with E-state index in [1.807, 2.05) is 6.92 Å². The van der Waals surface area contributed by atoms with Gasteiger partial charge in [-0.25, -0.2) is 0 Å². The van der Waals surface area contributed by atoms with Crippen LogP contribution in [0, 0.1) is 5.41 Å². The van der Waals surface area contributed by atoms with Crippen LogP contribution < -0.4 is 10.1 Å². The standard InChI is InChI=1S/C11H19ClN4O/c1-6-17-10-15-8(12)14-9(16-10)13-7(2)11(3,4)5/h7H,6H2,1-5H3,(H,13,14,15,16). The van der Waals surface area contributed by atoms with Crippen molar-refractivity contribution in [3.8, 4) is 6.01 Å². The van der Waals surface area contributed by atoms with Crippen molar-refractivity contribution in [3.05, 3.63) is 5.28 Å². The summed E-state index contributed by atoms with van der Waals surface area (Å²) < 4.78 is 5.21. The number of halogens is 1. The molecule has 1 atom stereocenters. The molecule has 0 saturated heterocycles. The average Bonchev–Trinajstić information content (AvgIpc) is 2.15. The molecule has 1 heterocycles. The Morgan fingerprint density at radius 1 is 1.29 bits per heavy atom. The molecule has 96 valence electrons. The summed E-state index contributed by atoms with van der Waals surface area (Å²) in [6.07, 6.45) is 0. The maximum Gasteiger partial charge on any atom is 0.322 e. The maximum absolute atomic E-state index is 5.80. The summed E-state index contributed by atoms with van der Waals surface area (Å²) >= 11 is 5.80. The van der Waals surface area contributed by atoms with Crippen LogP contribution in [0.5, 0.6) is 6.01 Å². The smallest absolute Gasteiger partial charge is 0.322 e. The zero-order valence-electron chi connectivity index (χ0n) is 10.9. The third-order valence-corrected chi connectivity index (χ3v) is 2.67. The molecule has 1 unspecified atom stereocenters. The van der Waals surface area contributed by atoms with Crippen molar-refractivity contribution in [2.45, 2.75) is 40.7 Å². The molecule has 1 aromatic rings. The topological polar surface area (TPSA) is 59.9 Å². The summed E-state index contributed by atoms with van der Waals surface area (Å²) in [4.78, 5) is 12.0. The molecule has 0 aliphatic rings. The Hall–Kier alpha value is -1.10. The van der Waals surface area contributed by atoms with E-state index in [2.05, 4.69) is 48.0 Å². The average molecular weight is 259 g/mol. The van der Waals surface area contributed by atoms with E-state index >= 15 is 0 Å². The first-order chi connectivity index (χ1) is 7.82.